The maximum absolute atomic E-state index is 12.2. The first-order valence-electron chi connectivity index (χ1n) is 6.13. The lowest BCUT2D eigenvalue weighted by Crippen LogP contribution is -2.11. The van der Waals surface area contributed by atoms with Gasteiger partial charge in [0.15, 0.2) is 0 Å². The second kappa shape index (κ2) is 7.63. The second-order valence-corrected chi connectivity index (χ2v) is 8.10. The molecular formula is C14H12Br2ClNO2S. The number of alkyl halides is 1. The highest BCUT2D eigenvalue weighted by Crippen LogP contribution is 2.32. The van der Waals surface area contributed by atoms with Gasteiger partial charge < -0.3 is 10.1 Å². The molecule has 1 amide bonds. The van der Waals surface area contributed by atoms with Crippen molar-refractivity contribution in [2.75, 3.05) is 11.9 Å². The van der Waals surface area contributed by atoms with E-state index in [4.69, 9.17) is 16.3 Å². The lowest BCUT2D eigenvalue weighted by molar-refractivity contribution is 0.102. The predicted octanol–water partition coefficient (Wildman–Crippen LogP) is 5.66. The Hall–Kier alpha value is -0.560. The fourth-order valence-corrected chi connectivity index (χ4v) is 4.75. The number of hydrogen-bond donors (Lipinski definition) is 1. The van der Waals surface area contributed by atoms with Crippen molar-refractivity contribution in [3.05, 3.63) is 43.0 Å². The molecule has 112 valence electrons. The van der Waals surface area contributed by atoms with Gasteiger partial charge in [-0.15, -0.1) is 22.9 Å². The predicted molar refractivity (Wildman–Crippen MR) is 94.8 cm³/mol. The van der Waals surface area contributed by atoms with Crippen LogP contribution in [0, 0.1) is 0 Å². The molecule has 3 nitrogen and oxygen atoms in total. The number of anilines is 1. The summed E-state index contributed by atoms with van der Waals surface area (Å²) in [4.78, 5) is 12.2. The summed E-state index contributed by atoms with van der Waals surface area (Å²) in [5, 5.41) is 2.86. The zero-order valence-electron chi connectivity index (χ0n) is 11.1. The number of rotatable bonds is 5. The monoisotopic (exact) mass is 451 g/mol. The minimum atomic E-state index is -0.173. The zero-order chi connectivity index (χ0) is 15.4. The molecule has 0 atom stereocenters. The summed E-state index contributed by atoms with van der Waals surface area (Å²) in [6, 6.07) is 7.22. The van der Waals surface area contributed by atoms with Crippen LogP contribution in [0.3, 0.4) is 0 Å². The van der Waals surface area contributed by atoms with E-state index in [0.29, 0.717) is 23.7 Å². The fourth-order valence-electron chi connectivity index (χ4n) is 1.75. The van der Waals surface area contributed by atoms with E-state index in [-0.39, 0.29) is 5.91 Å². The molecule has 0 unspecified atom stereocenters. The van der Waals surface area contributed by atoms with Gasteiger partial charge in [0, 0.05) is 11.3 Å². The average molecular weight is 454 g/mol. The Balaban J connectivity index is 2.19. The Kier molecular flexibility index (Phi) is 6.10. The molecule has 0 aliphatic heterocycles. The molecule has 0 aliphatic carbocycles. The van der Waals surface area contributed by atoms with Gasteiger partial charge in [0.25, 0.3) is 5.91 Å². The average Bonchev–Trinajstić information content (AvgIpc) is 2.79. The zero-order valence-corrected chi connectivity index (χ0v) is 15.8. The number of nitrogens with one attached hydrogen (secondary N) is 1. The minimum Gasteiger partial charge on any atom is -0.494 e. The Morgan fingerprint density at radius 3 is 2.71 bits per heavy atom. The Labute approximate surface area is 148 Å². The van der Waals surface area contributed by atoms with Crippen molar-refractivity contribution in [2.45, 2.75) is 12.8 Å². The second-order valence-electron chi connectivity index (χ2n) is 4.08. The van der Waals surface area contributed by atoms with Gasteiger partial charge in [-0.25, -0.2) is 0 Å². The topological polar surface area (TPSA) is 38.3 Å². The summed E-state index contributed by atoms with van der Waals surface area (Å²) in [5.41, 5.74) is 2.13. The first-order valence-corrected chi connectivity index (χ1v) is 9.06. The molecule has 1 aromatic heterocycles. The third kappa shape index (κ3) is 4.22. The van der Waals surface area contributed by atoms with E-state index in [1.54, 1.807) is 12.1 Å². The van der Waals surface area contributed by atoms with Gasteiger partial charge in [0.2, 0.25) is 0 Å². The smallest absolute Gasteiger partial charge is 0.257 e. The van der Waals surface area contributed by atoms with Crippen molar-refractivity contribution < 1.29 is 9.53 Å². The van der Waals surface area contributed by atoms with E-state index in [2.05, 4.69) is 37.2 Å². The first-order chi connectivity index (χ1) is 10.0. The maximum atomic E-state index is 12.2. The van der Waals surface area contributed by atoms with Gasteiger partial charge in [-0.1, -0.05) is 0 Å². The van der Waals surface area contributed by atoms with Crippen LogP contribution in [0.2, 0.25) is 0 Å². The lowest BCUT2D eigenvalue weighted by atomic mass is 10.2. The maximum Gasteiger partial charge on any atom is 0.257 e. The molecule has 0 saturated carbocycles. The van der Waals surface area contributed by atoms with E-state index in [9.17, 15) is 4.79 Å². The minimum absolute atomic E-state index is 0.173. The van der Waals surface area contributed by atoms with Crippen molar-refractivity contribution in [3.8, 4) is 5.75 Å². The third-order valence-corrected chi connectivity index (χ3v) is 5.29. The summed E-state index contributed by atoms with van der Waals surface area (Å²) in [5.74, 6) is 0.894. The van der Waals surface area contributed by atoms with Crippen LogP contribution in [0.25, 0.3) is 0 Å². The molecule has 1 aromatic carbocycles. The van der Waals surface area contributed by atoms with Crippen LogP contribution in [0.4, 0.5) is 5.69 Å². The van der Waals surface area contributed by atoms with Crippen LogP contribution in [-0.2, 0) is 5.88 Å². The highest BCUT2D eigenvalue weighted by atomic mass is 79.9. The summed E-state index contributed by atoms with van der Waals surface area (Å²) < 4.78 is 7.17. The summed E-state index contributed by atoms with van der Waals surface area (Å²) in [7, 11) is 0. The van der Waals surface area contributed by atoms with Crippen LogP contribution in [0.15, 0.2) is 31.8 Å². The molecule has 0 bridgehead atoms. The first kappa shape index (κ1) is 16.8. The Morgan fingerprint density at radius 2 is 2.14 bits per heavy atom. The normalized spacial score (nSPS) is 10.5. The standard InChI is InChI=1S/C14H12Br2ClNO2S/c1-2-20-11-4-3-9(5-8(11)7-17)18-14(19)10-6-12(15)21-13(10)16/h3-6H,2,7H2,1H3,(H,18,19). The quantitative estimate of drug-likeness (QED) is 0.593. The number of thiophene rings is 1. The molecule has 0 fully saturated rings. The van der Waals surface area contributed by atoms with Crippen molar-refractivity contribution >= 4 is 66.4 Å². The van der Waals surface area contributed by atoms with Crippen LogP contribution in [0.1, 0.15) is 22.8 Å². The highest BCUT2D eigenvalue weighted by Gasteiger charge is 2.14. The molecule has 21 heavy (non-hydrogen) atoms. The summed E-state index contributed by atoms with van der Waals surface area (Å²) in [6.07, 6.45) is 0. The molecule has 2 rings (SSSR count). The number of benzene rings is 1. The summed E-state index contributed by atoms with van der Waals surface area (Å²) in [6.45, 7) is 2.49. The summed E-state index contributed by atoms with van der Waals surface area (Å²) >= 11 is 14.1. The molecule has 0 saturated heterocycles. The molecule has 0 spiro atoms. The van der Waals surface area contributed by atoms with Crippen molar-refractivity contribution in [3.63, 3.8) is 0 Å². The number of ether oxygens (including phenoxy) is 1. The van der Waals surface area contributed by atoms with E-state index in [1.807, 2.05) is 19.1 Å². The van der Waals surface area contributed by atoms with Gasteiger partial charge in [-0.05, 0) is 63.0 Å². The van der Waals surface area contributed by atoms with E-state index in [1.165, 1.54) is 11.3 Å². The molecule has 0 radical (unpaired) electrons. The van der Waals surface area contributed by atoms with Gasteiger partial charge in [0.05, 0.1) is 25.6 Å². The number of halogens is 3. The number of carbonyl (C=O) groups is 1. The SMILES string of the molecule is CCOc1ccc(NC(=O)c2cc(Br)sc2Br)cc1CCl. The van der Waals surface area contributed by atoms with Crippen molar-refractivity contribution in [1.29, 1.82) is 0 Å². The number of carbonyl (C=O) groups excluding carboxylic acids is 1. The van der Waals surface area contributed by atoms with Gasteiger partial charge in [-0.3, -0.25) is 4.79 Å². The van der Waals surface area contributed by atoms with E-state index >= 15 is 0 Å². The van der Waals surface area contributed by atoms with Gasteiger partial charge >= 0.3 is 0 Å². The lowest BCUT2D eigenvalue weighted by Gasteiger charge is -2.11. The third-order valence-electron chi connectivity index (χ3n) is 2.66. The number of amides is 1. The van der Waals surface area contributed by atoms with E-state index < -0.39 is 0 Å². The Morgan fingerprint density at radius 1 is 1.38 bits per heavy atom. The van der Waals surface area contributed by atoms with E-state index in [0.717, 1.165) is 18.9 Å². The molecule has 1 heterocycles. The van der Waals surface area contributed by atoms with Gasteiger partial charge in [0.1, 0.15) is 5.75 Å². The van der Waals surface area contributed by atoms with Crippen LogP contribution in [0.5, 0.6) is 5.75 Å². The van der Waals surface area contributed by atoms with Crippen molar-refractivity contribution in [1.82, 2.24) is 0 Å². The van der Waals surface area contributed by atoms with Gasteiger partial charge in [-0.2, -0.15) is 0 Å². The highest BCUT2D eigenvalue weighted by molar-refractivity contribution is 9.12. The number of hydrogen-bond acceptors (Lipinski definition) is 3. The molecule has 7 heteroatoms. The molecular weight excluding hydrogens is 441 g/mol. The molecule has 1 N–H and O–H groups in total. The fraction of sp³-hybridized carbons (Fsp3) is 0.214. The van der Waals surface area contributed by atoms with Crippen molar-refractivity contribution in [2.24, 2.45) is 0 Å². The molecule has 2 aromatic rings. The van der Waals surface area contributed by atoms with Crippen LogP contribution < -0.4 is 10.1 Å². The van der Waals surface area contributed by atoms with Crippen LogP contribution in [-0.4, -0.2) is 12.5 Å². The molecule has 0 aliphatic rings. The van der Waals surface area contributed by atoms with Crippen LogP contribution >= 0.6 is 54.8 Å². The largest absolute Gasteiger partial charge is 0.494 e. The Bertz CT molecular complexity index is 660.